The number of para-hydroxylation sites is 1. The number of hydrogen-bond donors (Lipinski definition) is 2. The number of carbonyl (C=O) groups is 1. The second-order valence-corrected chi connectivity index (χ2v) is 8.37. The molecule has 1 heterocycles. The fourth-order valence-corrected chi connectivity index (χ4v) is 3.98. The predicted molar refractivity (Wildman–Crippen MR) is 139 cm³/mol. The topological polar surface area (TPSA) is 66.9 Å². The van der Waals surface area contributed by atoms with Crippen molar-refractivity contribution in [2.45, 2.75) is 32.2 Å². The van der Waals surface area contributed by atoms with Crippen LogP contribution in [0.5, 0.6) is 0 Å². The van der Waals surface area contributed by atoms with Crippen LogP contribution in [-0.2, 0) is 11.3 Å². The van der Waals surface area contributed by atoms with E-state index in [0.717, 1.165) is 41.6 Å². The van der Waals surface area contributed by atoms with Gasteiger partial charge in [0.1, 0.15) is 0 Å². The molecule has 0 aliphatic rings. The molecular formula is C28H25N3O2S. The predicted octanol–water partition coefficient (Wildman–Crippen LogP) is 5.66. The standard InChI is InChI=1S/C28H25N3O2S/c32-26(29-23-13-9-12-22(20-23)18-17-21-10-3-1-4-11-21)16-5-2-8-19-31-27(33)24-14-6-7-15-25(24)30-28(31)34/h1,3-4,6-7,9-15,20H,2,5,8,16,19H2,(H,29,32)(H,30,34). The van der Waals surface area contributed by atoms with Crippen LogP contribution < -0.4 is 10.9 Å². The highest BCUT2D eigenvalue weighted by atomic mass is 32.1. The van der Waals surface area contributed by atoms with Crippen molar-refractivity contribution >= 4 is 34.7 Å². The van der Waals surface area contributed by atoms with Crippen LogP contribution in [0.25, 0.3) is 10.9 Å². The molecule has 0 aliphatic heterocycles. The van der Waals surface area contributed by atoms with Crippen LogP contribution in [0, 0.1) is 16.6 Å². The molecule has 0 saturated carbocycles. The average Bonchev–Trinajstić information content (AvgIpc) is 2.85. The second-order valence-electron chi connectivity index (χ2n) is 7.99. The Morgan fingerprint density at radius 2 is 1.62 bits per heavy atom. The normalized spacial score (nSPS) is 10.5. The summed E-state index contributed by atoms with van der Waals surface area (Å²) in [6.07, 6.45) is 2.75. The van der Waals surface area contributed by atoms with Gasteiger partial charge in [0.2, 0.25) is 5.91 Å². The van der Waals surface area contributed by atoms with Crippen molar-refractivity contribution in [3.05, 3.63) is 105 Å². The number of amides is 1. The lowest BCUT2D eigenvalue weighted by molar-refractivity contribution is -0.116. The van der Waals surface area contributed by atoms with Gasteiger partial charge in [-0.3, -0.25) is 14.2 Å². The van der Waals surface area contributed by atoms with E-state index in [1.807, 2.05) is 72.8 Å². The van der Waals surface area contributed by atoms with E-state index in [9.17, 15) is 9.59 Å². The van der Waals surface area contributed by atoms with Gasteiger partial charge in [-0.1, -0.05) is 54.7 Å². The summed E-state index contributed by atoms with van der Waals surface area (Å²) in [5, 5.41) is 3.57. The zero-order valence-corrected chi connectivity index (χ0v) is 19.5. The number of H-pyrrole nitrogens is 1. The lowest BCUT2D eigenvalue weighted by atomic mass is 10.1. The van der Waals surface area contributed by atoms with Crippen molar-refractivity contribution < 1.29 is 4.79 Å². The summed E-state index contributed by atoms with van der Waals surface area (Å²) < 4.78 is 2.02. The molecule has 0 bridgehead atoms. The SMILES string of the molecule is O=C(CCCCCn1c(=S)[nH]c2ccccc2c1=O)Nc1cccc(C#Cc2ccccc2)c1. The fourth-order valence-electron chi connectivity index (χ4n) is 3.70. The Morgan fingerprint density at radius 1 is 0.882 bits per heavy atom. The summed E-state index contributed by atoms with van der Waals surface area (Å²) in [6, 6.07) is 24.7. The van der Waals surface area contributed by atoms with Crippen molar-refractivity contribution in [1.29, 1.82) is 0 Å². The van der Waals surface area contributed by atoms with Gasteiger partial charge >= 0.3 is 0 Å². The lowest BCUT2D eigenvalue weighted by Gasteiger charge is -2.08. The fraction of sp³-hybridized carbons (Fsp3) is 0.179. The summed E-state index contributed by atoms with van der Waals surface area (Å²) in [4.78, 5) is 28.2. The minimum atomic E-state index is -0.0765. The van der Waals surface area contributed by atoms with E-state index >= 15 is 0 Å². The first-order chi connectivity index (χ1) is 16.6. The van der Waals surface area contributed by atoms with Gasteiger partial charge in [0.15, 0.2) is 4.77 Å². The zero-order chi connectivity index (χ0) is 23.8. The molecule has 0 radical (unpaired) electrons. The Balaban J connectivity index is 1.26. The van der Waals surface area contributed by atoms with E-state index in [1.165, 1.54) is 0 Å². The highest BCUT2D eigenvalue weighted by Gasteiger charge is 2.06. The molecule has 0 atom stereocenters. The van der Waals surface area contributed by atoms with Crippen LogP contribution in [0.3, 0.4) is 0 Å². The van der Waals surface area contributed by atoms with Crippen LogP contribution in [0.15, 0.2) is 83.7 Å². The van der Waals surface area contributed by atoms with E-state index in [-0.39, 0.29) is 11.5 Å². The summed E-state index contributed by atoms with van der Waals surface area (Å²) in [5.41, 5.74) is 3.20. The number of rotatable bonds is 7. The highest BCUT2D eigenvalue weighted by molar-refractivity contribution is 7.71. The molecule has 1 amide bonds. The average molecular weight is 468 g/mol. The van der Waals surface area contributed by atoms with Crippen molar-refractivity contribution in [2.24, 2.45) is 0 Å². The minimum Gasteiger partial charge on any atom is -0.332 e. The third kappa shape index (κ3) is 6.09. The number of anilines is 1. The molecule has 0 unspecified atom stereocenters. The zero-order valence-electron chi connectivity index (χ0n) is 18.7. The molecule has 6 heteroatoms. The van der Waals surface area contributed by atoms with Crippen LogP contribution >= 0.6 is 12.2 Å². The van der Waals surface area contributed by atoms with Gasteiger partial charge in [0.05, 0.1) is 10.9 Å². The Bertz CT molecular complexity index is 1480. The van der Waals surface area contributed by atoms with E-state index in [4.69, 9.17) is 12.2 Å². The Kier molecular flexibility index (Phi) is 7.69. The van der Waals surface area contributed by atoms with Gasteiger partial charge in [0.25, 0.3) is 5.56 Å². The smallest absolute Gasteiger partial charge is 0.262 e. The Morgan fingerprint density at radius 3 is 2.47 bits per heavy atom. The minimum absolute atomic E-state index is 0.0340. The number of fused-ring (bicyclic) bond motifs is 1. The molecule has 3 aromatic carbocycles. The molecule has 4 aromatic rings. The maximum atomic E-state index is 12.7. The number of unbranched alkanes of at least 4 members (excludes halogenated alkanes) is 2. The van der Waals surface area contributed by atoms with Gasteiger partial charge in [-0.15, -0.1) is 0 Å². The van der Waals surface area contributed by atoms with E-state index < -0.39 is 0 Å². The lowest BCUT2D eigenvalue weighted by Crippen LogP contribution is -2.22. The van der Waals surface area contributed by atoms with Gasteiger partial charge in [-0.25, -0.2) is 0 Å². The highest BCUT2D eigenvalue weighted by Crippen LogP contribution is 2.12. The first kappa shape index (κ1) is 23.2. The number of carbonyl (C=O) groups excluding carboxylic acids is 1. The van der Waals surface area contributed by atoms with Crippen LogP contribution in [0.2, 0.25) is 0 Å². The first-order valence-electron chi connectivity index (χ1n) is 11.3. The molecule has 0 saturated heterocycles. The van der Waals surface area contributed by atoms with Crippen molar-refractivity contribution in [2.75, 3.05) is 5.32 Å². The number of benzene rings is 3. The molecule has 2 N–H and O–H groups in total. The molecule has 4 rings (SSSR count). The number of aromatic amines is 1. The van der Waals surface area contributed by atoms with Gasteiger partial charge < -0.3 is 10.3 Å². The summed E-state index contributed by atoms with van der Waals surface area (Å²) in [5.74, 6) is 6.22. The third-order valence-electron chi connectivity index (χ3n) is 5.45. The molecule has 0 fully saturated rings. The summed E-state index contributed by atoms with van der Waals surface area (Å²) >= 11 is 5.35. The van der Waals surface area contributed by atoms with Gasteiger partial charge in [0, 0.05) is 29.8 Å². The molecule has 34 heavy (non-hydrogen) atoms. The molecule has 0 aliphatic carbocycles. The van der Waals surface area contributed by atoms with E-state index in [2.05, 4.69) is 22.1 Å². The molecule has 1 aromatic heterocycles. The Hall–Kier alpha value is -3.95. The van der Waals surface area contributed by atoms with E-state index in [1.54, 1.807) is 10.6 Å². The quantitative estimate of drug-likeness (QED) is 0.209. The van der Waals surface area contributed by atoms with Crippen molar-refractivity contribution in [1.82, 2.24) is 9.55 Å². The third-order valence-corrected chi connectivity index (χ3v) is 5.77. The number of nitrogens with zero attached hydrogens (tertiary/aromatic N) is 1. The van der Waals surface area contributed by atoms with Gasteiger partial charge in [-0.2, -0.15) is 0 Å². The van der Waals surface area contributed by atoms with Gasteiger partial charge in [-0.05, 0) is 67.5 Å². The number of aromatic nitrogens is 2. The molecule has 5 nitrogen and oxygen atoms in total. The second kappa shape index (κ2) is 11.3. The first-order valence-corrected chi connectivity index (χ1v) is 11.7. The maximum absolute atomic E-state index is 12.7. The number of hydrogen-bond acceptors (Lipinski definition) is 3. The summed E-state index contributed by atoms with van der Waals surface area (Å²) in [6.45, 7) is 0.531. The molecule has 0 spiro atoms. The van der Waals surface area contributed by atoms with Crippen molar-refractivity contribution in [3.63, 3.8) is 0 Å². The van der Waals surface area contributed by atoms with Crippen molar-refractivity contribution in [3.8, 4) is 11.8 Å². The molecule has 170 valence electrons. The van der Waals surface area contributed by atoms with E-state index in [0.29, 0.717) is 23.1 Å². The largest absolute Gasteiger partial charge is 0.332 e. The maximum Gasteiger partial charge on any atom is 0.262 e. The van der Waals surface area contributed by atoms with Crippen LogP contribution in [-0.4, -0.2) is 15.5 Å². The number of nitrogens with one attached hydrogen (secondary N) is 2. The van der Waals surface area contributed by atoms with Crippen LogP contribution in [0.1, 0.15) is 36.8 Å². The summed E-state index contributed by atoms with van der Waals surface area (Å²) in [7, 11) is 0. The monoisotopic (exact) mass is 467 g/mol. The molecular weight excluding hydrogens is 442 g/mol. The van der Waals surface area contributed by atoms with Crippen LogP contribution in [0.4, 0.5) is 5.69 Å². The Labute approximate surface area is 203 Å².